The number of benzene rings is 1. The maximum atomic E-state index is 14.7. The molecule has 0 saturated carbocycles. The van der Waals surface area contributed by atoms with E-state index in [0.29, 0.717) is 4.88 Å². The molecule has 0 radical (unpaired) electrons. The van der Waals surface area contributed by atoms with Crippen LogP contribution >= 0.6 is 22.9 Å². The fourth-order valence-electron chi connectivity index (χ4n) is 2.65. The first-order chi connectivity index (χ1) is 13.3. The number of halogens is 1. The molecule has 0 aliphatic heterocycles. The minimum absolute atomic E-state index is 0.00274. The largest absolute Gasteiger partial charge is 0.349 e. The molecule has 2 amide bonds. The molecule has 0 aliphatic rings. The van der Waals surface area contributed by atoms with Gasteiger partial charge in [0.2, 0.25) is 5.91 Å². The summed E-state index contributed by atoms with van der Waals surface area (Å²) in [6, 6.07) is 8.35. The third-order valence-corrected chi connectivity index (χ3v) is 5.16. The Kier molecular flexibility index (Phi) is 5.85. The fourth-order valence-corrected chi connectivity index (χ4v) is 3.90. The van der Waals surface area contributed by atoms with Gasteiger partial charge < -0.3 is 5.32 Å². The molecule has 146 valence electrons. The molecular formula is C19H19FN4O2S2. The molecule has 3 rings (SSSR count). The van der Waals surface area contributed by atoms with Crippen molar-refractivity contribution in [1.82, 2.24) is 14.9 Å². The summed E-state index contributed by atoms with van der Waals surface area (Å²) in [7, 11) is 0. The normalized spacial score (nSPS) is 12.4. The van der Waals surface area contributed by atoms with E-state index in [2.05, 4.69) is 14.9 Å². The highest BCUT2D eigenvalue weighted by Gasteiger charge is 2.37. The van der Waals surface area contributed by atoms with E-state index in [9.17, 15) is 14.0 Å². The highest BCUT2D eigenvalue weighted by molar-refractivity contribution is 7.10. The molecule has 0 bridgehead atoms. The van der Waals surface area contributed by atoms with E-state index >= 15 is 0 Å². The Morgan fingerprint density at radius 1 is 1.18 bits per heavy atom. The predicted octanol–water partition coefficient (Wildman–Crippen LogP) is 4.04. The fraction of sp³-hybridized carbons (Fsp3) is 0.263. The lowest BCUT2D eigenvalue weighted by Crippen LogP contribution is -2.49. The van der Waals surface area contributed by atoms with Gasteiger partial charge in [0.15, 0.2) is 11.7 Å². The van der Waals surface area contributed by atoms with Crippen LogP contribution in [0.2, 0.25) is 0 Å². The van der Waals surface area contributed by atoms with Crippen molar-refractivity contribution in [3.05, 3.63) is 63.5 Å². The Labute approximate surface area is 170 Å². The molecular weight excluding hydrogens is 399 g/mol. The summed E-state index contributed by atoms with van der Waals surface area (Å²) in [5.74, 6) is -1.61. The predicted molar refractivity (Wildman–Crippen MR) is 108 cm³/mol. The molecule has 2 heterocycles. The monoisotopic (exact) mass is 418 g/mol. The molecule has 2 aromatic heterocycles. The van der Waals surface area contributed by atoms with Gasteiger partial charge in [-0.2, -0.15) is 0 Å². The van der Waals surface area contributed by atoms with Crippen molar-refractivity contribution < 1.29 is 14.0 Å². The number of carbonyl (C=O) groups is 2. The van der Waals surface area contributed by atoms with Gasteiger partial charge in [-0.3, -0.25) is 14.5 Å². The summed E-state index contributed by atoms with van der Waals surface area (Å²) < 4.78 is 18.4. The Bertz CT molecular complexity index is 953. The van der Waals surface area contributed by atoms with E-state index in [1.54, 1.807) is 23.6 Å². The average Bonchev–Trinajstić information content (AvgIpc) is 3.32. The van der Waals surface area contributed by atoms with Crippen molar-refractivity contribution >= 4 is 40.4 Å². The number of amides is 2. The second kappa shape index (κ2) is 8.15. The lowest BCUT2D eigenvalue weighted by atomic mass is 10.1. The molecule has 1 aromatic carbocycles. The molecule has 0 spiro atoms. The van der Waals surface area contributed by atoms with Crippen molar-refractivity contribution in [2.45, 2.75) is 32.4 Å². The molecule has 1 atom stereocenters. The van der Waals surface area contributed by atoms with E-state index in [4.69, 9.17) is 0 Å². The third kappa shape index (κ3) is 4.42. The summed E-state index contributed by atoms with van der Waals surface area (Å²) in [5, 5.41) is 9.99. The zero-order chi connectivity index (χ0) is 20.3. The molecule has 9 heteroatoms. The number of nitrogens with zero attached hydrogens (tertiary/aromatic N) is 3. The molecule has 1 N–H and O–H groups in total. The third-order valence-electron chi connectivity index (χ3n) is 3.73. The van der Waals surface area contributed by atoms with Crippen LogP contribution in [0.25, 0.3) is 0 Å². The smallest absolute Gasteiger partial charge is 0.280 e. The topological polar surface area (TPSA) is 75.2 Å². The van der Waals surface area contributed by atoms with Crippen LogP contribution in [-0.2, 0) is 4.79 Å². The van der Waals surface area contributed by atoms with E-state index in [1.165, 1.54) is 34.9 Å². The number of para-hydroxylation sites is 1. The second-order valence-electron chi connectivity index (χ2n) is 7.07. The molecule has 0 unspecified atom stereocenters. The number of anilines is 1. The van der Waals surface area contributed by atoms with Crippen LogP contribution in [0.1, 0.15) is 42.2 Å². The maximum absolute atomic E-state index is 14.7. The van der Waals surface area contributed by atoms with E-state index < -0.39 is 29.2 Å². The first-order valence-electron chi connectivity index (χ1n) is 8.48. The van der Waals surface area contributed by atoms with Crippen LogP contribution in [0.15, 0.2) is 47.2 Å². The van der Waals surface area contributed by atoms with Gasteiger partial charge in [0, 0.05) is 15.8 Å². The summed E-state index contributed by atoms with van der Waals surface area (Å²) in [5.41, 5.74) is -0.472. The molecule has 0 aliphatic carbocycles. The Hall–Kier alpha value is -2.65. The Morgan fingerprint density at radius 2 is 1.93 bits per heavy atom. The van der Waals surface area contributed by atoms with Gasteiger partial charge >= 0.3 is 0 Å². The zero-order valence-corrected chi connectivity index (χ0v) is 17.2. The summed E-state index contributed by atoms with van der Waals surface area (Å²) >= 11 is 2.33. The SMILES string of the molecule is CC(C)(C)NC(=O)[C@@H](c1cccs1)N(C(=O)c1csnn1)c1ccccc1F. The molecule has 0 fully saturated rings. The summed E-state index contributed by atoms with van der Waals surface area (Å²) in [6.45, 7) is 5.53. The number of hydrogen-bond acceptors (Lipinski definition) is 6. The van der Waals surface area contributed by atoms with Crippen LogP contribution < -0.4 is 10.2 Å². The number of nitrogens with one attached hydrogen (secondary N) is 1. The number of aromatic nitrogens is 2. The van der Waals surface area contributed by atoms with E-state index in [-0.39, 0.29) is 11.4 Å². The Balaban J connectivity index is 2.15. The summed E-state index contributed by atoms with van der Waals surface area (Å²) in [6.07, 6.45) is 0. The number of carbonyl (C=O) groups excluding carboxylic acids is 2. The quantitative estimate of drug-likeness (QED) is 0.679. The number of thiophene rings is 1. The standard InChI is InChI=1S/C19H19FN4O2S2/c1-19(2,3)21-17(25)16(15-9-6-10-27-15)24(14-8-5-4-7-12(14)20)18(26)13-11-28-23-22-13/h4-11,16H,1-3H3,(H,21,25)/t16-/m1/s1. The molecule has 0 saturated heterocycles. The van der Waals surface area contributed by atoms with Gasteiger partial charge in [-0.1, -0.05) is 22.7 Å². The highest BCUT2D eigenvalue weighted by Crippen LogP contribution is 2.33. The zero-order valence-electron chi connectivity index (χ0n) is 15.5. The summed E-state index contributed by atoms with van der Waals surface area (Å²) in [4.78, 5) is 28.2. The van der Waals surface area contributed by atoms with Crippen molar-refractivity contribution in [1.29, 1.82) is 0 Å². The second-order valence-corrected chi connectivity index (χ2v) is 8.66. The average molecular weight is 419 g/mol. The van der Waals surface area contributed by atoms with Gasteiger partial charge in [0.25, 0.3) is 5.91 Å². The minimum Gasteiger partial charge on any atom is -0.349 e. The van der Waals surface area contributed by atoms with Crippen LogP contribution in [0.5, 0.6) is 0 Å². The number of hydrogen-bond donors (Lipinski definition) is 1. The maximum Gasteiger partial charge on any atom is 0.280 e. The van der Waals surface area contributed by atoms with Crippen molar-refractivity contribution in [2.24, 2.45) is 0 Å². The lowest BCUT2D eigenvalue weighted by molar-refractivity contribution is -0.123. The minimum atomic E-state index is -1.05. The van der Waals surface area contributed by atoms with Crippen molar-refractivity contribution in [3.63, 3.8) is 0 Å². The van der Waals surface area contributed by atoms with Crippen molar-refractivity contribution in [3.8, 4) is 0 Å². The first kappa shape index (κ1) is 20.1. The van der Waals surface area contributed by atoms with E-state index in [0.717, 1.165) is 16.4 Å². The van der Waals surface area contributed by atoms with Crippen LogP contribution in [0, 0.1) is 5.82 Å². The van der Waals surface area contributed by atoms with Crippen molar-refractivity contribution in [2.75, 3.05) is 4.90 Å². The van der Waals surface area contributed by atoms with E-state index in [1.807, 2.05) is 20.8 Å². The van der Waals surface area contributed by atoms with Gasteiger partial charge in [-0.25, -0.2) is 4.39 Å². The molecule has 6 nitrogen and oxygen atoms in total. The van der Waals surface area contributed by atoms with Crippen LogP contribution in [-0.4, -0.2) is 26.9 Å². The highest BCUT2D eigenvalue weighted by atomic mass is 32.1. The van der Waals surface area contributed by atoms with Gasteiger partial charge in [0.05, 0.1) is 5.69 Å². The van der Waals surface area contributed by atoms with Gasteiger partial charge in [0.1, 0.15) is 5.82 Å². The lowest BCUT2D eigenvalue weighted by Gasteiger charge is -2.32. The Morgan fingerprint density at radius 3 is 2.50 bits per heavy atom. The number of rotatable bonds is 5. The van der Waals surface area contributed by atoms with Crippen LogP contribution in [0.3, 0.4) is 0 Å². The van der Waals surface area contributed by atoms with Crippen LogP contribution in [0.4, 0.5) is 10.1 Å². The first-order valence-corrected chi connectivity index (χ1v) is 10.2. The molecule has 28 heavy (non-hydrogen) atoms. The van der Waals surface area contributed by atoms with Gasteiger partial charge in [-0.05, 0) is 55.9 Å². The molecule has 3 aromatic rings. The van der Waals surface area contributed by atoms with Gasteiger partial charge in [-0.15, -0.1) is 16.4 Å².